The van der Waals surface area contributed by atoms with Crippen LogP contribution in [0.25, 0.3) is 56.1 Å². The Hall–Kier alpha value is -5.03. The minimum Gasteiger partial charge on any atom is -0.506 e. The van der Waals surface area contributed by atoms with Crippen LogP contribution in [0.3, 0.4) is 0 Å². The molecule has 3 aromatic carbocycles. The average Bonchev–Trinajstić information content (AvgIpc) is 3.43. The Bertz CT molecular complexity index is 2190. The van der Waals surface area contributed by atoms with Crippen molar-refractivity contribution >= 4 is 16.6 Å². The molecule has 3 aromatic heterocycles. The molecule has 0 fully saturated rings. The number of nitrogens with zero attached hydrogens (tertiary/aromatic N) is 4. The van der Waals surface area contributed by atoms with Gasteiger partial charge < -0.3 is 5.11 Å². The van der Waals surface area contributed by atoms with Gasteiger partial charge in [-0.05, 0) is 99.5 Å². The molecule has 0 radical (unpaired) electrons. The van der Waals surface area contributed by atoms with E-state index in [9.17, 15) is 5.11 Å². The van der Waals surface area contributed by atoms with E-state index in [2.05, 4.69) is 139 Å². The highest BCUT2D eigenvalue weighted by molar-refractivity contribution is 5.96. The summed E-state index contributed by atoms with van der Waals surface area (Å²) in [5.74, 6) is 0.750. The lowest BCUT2D eigenvalue weighted by Gasteiger charge is -2.27. The number of allylic oxidation sites excluding steroid dienone is 1. The first-order valence-electron chi connectivity index (χ1n) is 17.0. The van der Waals surface area contributed by atoms with E-state index in [-0.39, 0.29) is 22.0 Å². The Labute approximate surface area is 291 Å². The van der Waals surface area contributed by atoms with Crippen LogP contribution in [-0.4, -0.2) is 24.6 Å². The van der Waals surface area contributed by atoms with Crippen LogP contribution >= 0.6 is 0 Å². The van der Waals surface area contributed by atoms with Gasteiger partial charge in [-0.2, -0.15) is 0 Å². The number of pyridine rings is 2. The molecular formula is C44H48N4O. The summed E-state index contributed by atoms with van der Waals surface area (Å²) in [4.78, 5) is 14.3. The summed E-state index contributed by atoms with van der Waals surface area (Å²) in [6.07, 6.45) is 5.05. The minimum atomic E-state index is -0.102. The normalized spacial score (nSPS) is 12.4. The smallest absolute Gasteiger partial charge is 0.149 e. The van der Waals surface area contributed by atoms with Crippen LogP contribution in [0.15, 0.2) is 98.0 Å². The summed E-state index contributed by atoms with van der Waals surface area (Å²) in [6.45, 7) is 26.4. The molecule has 0 atom stereocenters. The van der Waals surface area contributed by atoms with Crippen LogP contribution in [0.1, 0.15) is 91.5 Å². The number of imidazole rings is 1. The zero-order chi connectivity index (χ0) is 35.5. The maximum absolute atomic E-state index is 11.1. The van der Waals surface area contributed by atoms with Crippen molar-refractivity contribution in [2.24, 2.45) is 0 Å². The summed E-state index contributed by atoms with van der Waals surface area (Å²) >= 11 is 0. The van der Waals surface area contributed by atoms with Gasteiger partial charge in [0.1, 0.15) is 11.6 Å². The number of rotatable bonds is 5. The zero-order valence-electron chi connectivity index (χ0n) is 30.6. The fraction of sp³-hybridized carbons (Fsp3) is 0.295. The van der Waals surface area contributed by atoms with Gasteiger partial charge in [0, 0.05) is 29.2 Å². The van der Waals surface area contributed by atoms with Crippen LogP contribution in [-0.2, 0) is 16.2 Å². The minimum absolute atomic E-state index is 0.0736. The molecule has 5 nitrogen and oxygen atoms in total. The number of aromatic nitrogens is 4. The molecule has 0 saturated carbocycles. The summed E-state index contributed by atoms with van der Waals surface area (Å²) in [5.41, 5.74) is 13.0. The van der Waals surface area contributed by atoms with Crippen molar-refractivity contribution in [2.45, 2.75) is 85.5 Å². The summed E-state index contributed by atoms with van der Waals surface area (Å²) in [7, 11) is 0. The molecule has 6 rings (SSSR count). The number of benzene rings is 3. The fourth-order valence-corrected chi connectivity index (χ4v) is 6.17. The third kappa shape index (κ3) is 6.67. The van der Waals surface area contributed by atoms with Gasteiger partial charge in [-0.25, -0.2) is 4.98 Å². The summed E-state index contributed by atoms with van der Waals surface area (Å²) in [5, 5.41) is 11.1. The number of hydrogen-bond donors (Lipinski definition) is 1. The molecule has 250 valence electrons. The van der Waals surface area contributed by atoms with Gasteiger partial charge in [-0.1, -0.05) is 98.7 Å². The molecule has 6 aromatic rings. The maximum atomic E-state index is 11.1. The van der Waals surface area contributed by atoms with Gasteiger partial charge in [0.15, 0.2) is 0 Å². The van der Waals surface area contributed by atoms with E-state index in [4.69, 9.17) is 9.97 Å². The lowest BCUT2D eigenvalue weighted by molar-refractivity contribution is 0.474. The molecule has 0 bridgehead atoms. The molecule has 0 aliphatic carbocycles. The molecular weight excluding hydrogens is 601 g/mol. The zero-order valence-corrected chi connectivity index (χ0v) is 30.6. The van der Waals surface area contributed by atoms with Gasteiger partial charge in [0.25, 0.3) is 0 Å². The number of para-hydroxylation sites is 1. The topological polar surface area (TPSA) is 63.8 Å². The van der Waals surface area contributed by atoms with E-state index >= 15 is 0 Å². The van der Waals surface area contributed by atoms with Crippen molar-refractivity contribution in [3.63, 3.8) is 0 Å². The number of hydrogen-bond acceptors (Lipinski definition) is 4. The second-order valence-corrected chi connectivity index (χ2v) is 16.4. The van der Waals surface area contributed by atoms with Crippen molar-refractivity contribution in [1.29, 1.82) is 0 Å². The highest BCUT2D eigenvalue weighted by atomic mass is 16.3. The van der Waals surface area contributed by atoms with Gasteiger partial charge in [0.05, 0.1) is 28.5 Å². The quantitative estimate of drug-likeness (QED) is 0.202. The van der Waals surface area contributed by atoms with Crippen LogP contribution < -0.4 is 0 Å². The molecule has 0 aliphatic heterocycles. The van der Waals surface area contributed by atoms with E-state index in [1.54, 1.807) is 6.20 Å². The lowest BCUT2D eigenvalue weighted by Crippen LogP contribution is -2.17. The van der Waals surface area contributed by atoms with Crippen molar-refractivity contribution in [1.82, 2.24) is 19.5 Å². The van der Waals surface area contributed by atoms with Crippen molar-refractivity contribution in [2.75, 3.05) is 0 Å². The first-order chi connectivity index (χ1) is 22.9. The van der Waals surface area contributed by atoms with Gasteiger partial charge in [0.2, 0.25) is 0 Å². The number of fused-ring (bicyclic) bond motifs is 1. The molecule has 0 amide bonds. The summed E-state index contributed by atoms with van der Waals surface area (Å²) < 4.78 is 2.20. The highest BCUT2D eigenvalue weighted by Gasteiger charge is 2.25. The SMILES string of the molecule is C=C(C)c1ccnc(-c2cc(-c3cccc4c3nc(-c3ccncc3O)n4-c3cc(C(C)(C)C)cc(C(C)(C)C)c3)cc(C(C)(C)C)c2)c1. The van der Waals surface area contributed by atoms with E-state index in [1.165, 1.54) is 22.9 Å². The highest BCUT2D eigenvalue weighted by Crippen LogP contribution is 2.41. The van der Waals surface area contributed by atoms with E-state index in [1.807, 2.05) is 25.3 Å². The molecule has 1 N–H and O–H groups in total. The second-order valence-electron chi connectivity index (χ2n) is 16.4. The fourth-order valence-electron chi connectivity index (χ4n) is 6.17. The van der Waals surface area contributed by atoms with Crippen molar-refractivity contribution < 1.29 is 5.11 Å². The Morgan fingerprint density at radius 3 is 1.94 bits per heavy atom. The predicted molar refractivity (Wildman–Crippen MR) is 205 cm³/mol. The predicted octanol–water partition coefficient (Wildman–Crippen LogP) is 11.4. The van der Waals surface area contributed by atoms with Gasteiger partial charge in [-0.3, -0.25) is 14.5 Å². The Morgan fingerprint density at radius 2 is 1.33 bits per heavy atom. The van der Waals surface area contributed by atoms with E-state index in [0.717, 1.165) is 50.2 Å². The molecule has 0 spiro atoms. The standard InChI is InChI=1S/C44H48N4O/c1-27(2)28-15-18-46-37(22-28)30-19-29(20-31(21-30)42(3,4)5)35-13-12-14-38-40(35)47-41(36-16-17-45-26-39(36)49)48(38)34-24-32(43(6,7)8)23-33(25-34)44(9,10)11/h12-26,49H,1H2,2-11H3. The van der Waals surface area contributed by atoms with Crippen molar-refractivity contribution in [3.05, 3.63) is 120 Å². The van der Waals surface area contributed by atoms with Crippen LogP contribution in [0.4, 0.5) is 0 Å². The third-order valence-corrected chi connectivity index (χ3v) is 9.29. The molecule has 49 heavy (non-hydrogen) atoms. The second kappa shape index (κ2) is 12.1. The molecule has 0 saturated heterocycles. The van der Waals surface area contributed by atoms with Crippen LogP contribution in [0.5, 0.6) is 5.75 Å². The molecule has 3 heterocycles. The Morgan fingerprint density at radius 1 is 0.694 bits per heavy atom. The first kappa shape index (κ1) is 33.9. The third-order valence-electron chi connectivity index (χ3n) is 9.29. The Balaban J connectivity index is 1.69. The summed E-state index contributed by atoms with van der Waals surface area (Å²) in [6, 6.07) is 25.9. The average molecular weight is 649 g/mol. The Kier molecular flexibility index (Phi) is 8.39. The molecule has 0 aliphatic rings. The van der Waals surface area contributed by atoms with Crippen LogP contribution in [0.2, 0.25) is 0 Å². The van der Waals surface area contributed by atoms with Gasteiger partial charge >= 0.3 is 0 Å². The lowest BCUT2D eigenvalue weighted by atomic mass is 9.80. The monoisotopic (exact) mass is 648 g/mol. The van der Waals surface area contributed by atoms with Crippen molar-refractivity contribution in [3.8, 4) is 45.2 Å². The molecule has 0 unspecified atom stereocenters. The number of aromatic hydroxyl groups is 1. The largest absolute Gasteiger partial charge is 0.506 e. The maximum Gasteiger partial charge on any atom is 0.149 e. The van der Waals surface area contributed by atoms with Gasteiger partial charge in [-0.15, -0.1) is 0 Å². The van der Waals surface area contributed by atoms with E-state index < -0.39 is 0 Å². The molecule has 5 heteroatoms. The first-order valence-corrected chi connectivity index (χ1v) is 17.0. The van der Waals surface area contributed by atoms with Crippen LogP contribution in [0, 0.1) is 0 Å². The van der Waals surface area contributed by atoms with E-state index in [0.29, 0.717) is 11.4 Å².